The lowest BCUT2D eigenvalue weighted by Crippen LogP contribution is -2.38. The molecule has 1 aromatic heterocycles. The van der Waals surface area contributed by atoms with Gasteiger partial charge in [0.15, 0.2) is 5.96 Å². The Balaban J connectivity index is 1.72. The maximum atomic E-state index is 5.92. The second-order valence-corrected chi connectivity index (χ2v) is 6.62. The number of aryl methyl sites for hydroxylation is 2. The van der Waals surface area contributed by atoms with E-state index in [9.17, 15) is 0 Å². The minimum absolute atomic E-state index is 0.528. The van der Waals surface area contributed by atoms with E-state index >= 15 is 0 Å². The molecule has 0 bridgehead atoms. The van der Waals surface area contributed by atoms with Gasteiger partial charge in [-0.15, -0.1) is 11.3 Å². The van der Waals surface area contributed by atoms with Gasteiger partial charge in [-0.05, 0) is 32.0 Å². The van der Waals surface area contributed by atoms with Crippen LogP contribution in [-0.2, 0) is 6.54 Å². The number of benzene rings is 1. The monoisotopic (exact) mass is 352 g/mol. The van der Waals surface area contributed by atoms with Gasteiger partial charge in [-0.1, -0.05) is 17.7 Å². The van der Waals surface area contributed by atoms with E-state index in [0.29, 0.717) is 24.7 Å². The molecule has 124 valence electrons. The molecule has 0 saturated heterocycles. The number of aromatic nitrogens is 1. The molecule has 0 aliphatic heterocycles. The zero-order chi connectivity index (χ0) is 16.7. The van der Waals surface area contributed by atoms with E-state index in [1.807, 2.05) is 32.0 Å². The SMILES string of the molecule is CN=C(NCCOc1cccc(Cl)c1)NCc1sc(C)nc1C. The molecule has 7 heteroatoms. The number of ether oxygens (including phenoxy) is 1. The molecule has 0 amide bonds. The van der Waals surface area contributed by atoms with Gasteiger partial charge in [0.1, 0.15) is 12.4 Å². The smallest absolute Gasteiger partial charge is 0.191 e. The highest BCUT2D eigenvalue weighted by Crippen LogP contribution is 2.17. The summed E-state index contributed by atoms with van der Waals surface area (Å²) in [6.45, 7) is 5.93. The Morgan fingerprint density at radius 2 is 2.17 bits per heavy atom. The van der Waals surface area contributed by atoms with Gasteiger partial charge in [0.25, 0.3) is 0 Å². The maximum absolute atomic E-state index is 5.92. The summed E-state index contributed by atoms with van der Waals surface area (Å²) in [6.07, 6.45) is 0. The van der Waals surface area contributed by atoms with E-state index in [-0.39, 0.29) is 0 Å². The second-order valence-electron chi connectivity index (χ2n) is 4.90. The van der Waals surface area contributed by atoms with Gasteiger partial charge in [0, 0.05) is 16.9 Å². The molecule has 0 unspecified atom stereocenters. The lowest BCUT2D eigenvalue weighted by Gasteiger charge is -2.12. The van der Waals surface area contributed by atoms with E-state index in [0.717, 1.165) is 22.4 Å². The van der Waals surface area contributed by atoms with E-state index in [1.165, 1.54) is 4.88 Å². The maximum Gasteiger partial charge on any atom is 0.191 e. The van der Waals surface area contributed by atoms with Gasteiger partial charge in [-0.25, -0.2) is 4.98 Å². The van der Waals surface area contributed by atoms with E-state index < -0.39 is 0 Å². The molecule has 0 spiro atoms. The molecule has 2 aromatic rings. The molecule has 0 fully saturated rings. The number of nitrogens with zero attached hydrogens (tertiary/aromatic N) is 2. The second kappa shape index (κ2) is 8.74. The fraction of sp³-hybridized carbons (Fsp3) is 0.375. The van der Waals surface area contributed by atoms with Crippen LogP contribution in [0.1, 0.15) is 15.6 Å². The number of guanidine groups is 1. The van der Waals surface area contributed by atoms with Crippen LogP contribution in [0.15, 0.2) is 29.3 Å². The van der Waals surface area contributed by atoms with Crippen LogP contribution >= 0.6 is 22.9 Å². The minimum atomic E-state index is 0.528. The van der Waals surface area contributed by atoms with Crippen LogP contribution in [0.25, 0.3) is 0 Å². The molecule has 5 nitrogen and oxygen atoms in total. The number of aliphatic imine (C=N–C) groups is 1. The van der Waals surface area contributed by atoms with Gasteiger partial charge in [0.05, 0.1) is 23.8 Å². The van der Waals surface area contributed by atoms with Crippen molar-refractivity contribution in [2.24, 2.45) is 4.99 Å². The first-order valence-electron chi connectivity index (χ1n) is 7.34. The number of hydrogen-bond donors (Lipinski definition) is 2. The summed E-state index contributed by atoms with van der Waals surface area (Å²) in [4.78, 5) is 9.84. The first-order chi connectivity index (χ1) is 11.1. The lowest BCUT2D eigenvalue weighted by molar-refractivity contribution is 0.322. The zero-order valence-electron chi connectivity index (χ0n) is 13.5. The molecule has 2 N–H and O–H groups in total. The Hall–Kier alpha value is -1.79. The number of hydrogen-bond acceptors (Lipinski definition) is 4. The molecule has 23 heavy (non-hydrogen) atoms. The summed E-state index contributed by atoms with van der Waals surface area (Å²) in [5.74, 6) is 1.50. The van der Waals surface area contributed by atoms with E-state index in [2.05, 4.69) is 20.6 Å². The molecule has 0 aliphatic rings. The van der Waals surface area contributed by atoms with Crippen molar-refractivity contribution in [1.82, 2.24) is 15.6 Å². The van der Waals surface area contributed by atoms with Gasteiger partial charge in [-0.3, -0.25) is 4.99 Å². The molecule has 0 atom stereocenters. The highest BCUT2D eigenvalue weighted by atomic mass is 35.5. The van der Waals surface area contributed by atoms with Crippen molar-refractivity contribution in [3.05, 3.63) is 44.9 Å². The summed E-state index contributed by atoms with van der Waals surface area (Å²) in [6, 6.07) is 7.36. The average Bonchev–Trinajstić information content (AvgIpc) is 2.84. The molecule has 1 heterocycles. The predicted octanol–water partition coefficient (Wildman–Crippen LogP) is 3.16. The van der Waals surface area contributed by atoms with Crippen molar-refractivity contribution >= 4 is 28.9 Å². The van der Waals surface area contributed by atoms with Gasteiger partial charge >= 0.3 is 0 Å². The Bertz CT molecular complexity index is 672. The Labute approximate surface area is 145 Å². The summed E-state index contributed by atoms with van der Waals surface area (Å²) < 4.78 is 5.63. The standard InChI is InChI=1S/C16H21ClN4OS/c1-11-15(23-12(2)21-11)10-20-16(18-3)19-7-8-22-14-6-4-5-13(17)9-14/h4-6,9H,7-8,10H2,1-3H3,(H2,18,19,20). The molecule has 0 saturated carbocycles. The topological polar surface area (TPSA) is 58.5 Å². The van der Waals surface area contributed by atoms with Crippen LogP contribution in [0.3, 0.4) is 0 Å². The highest BCUT2D eigenvalue weighted by Gasteiger charge is 2.05. The van der Waals surface area contributed by atoms with Crippen LogP contribution in [0, 0.1) is 13.8 Å². The van der Waals surface area contributed by atoms with E-state index in [1.54, 1.807) is 24.5 Å². The van der Waals surface area contributed by atoms with Crippen molar-refractivity contribution in [2.75, 3.05) is 20.2 Å². The van der Waals surface area contributed by atoms with Crippen LogP contribution in [0.2, 0.25) is 5.02 Å². The first-order valence-corrected chi connectivity index (χ1v) is 8.53. The van der Waals surface area contributed by atoms with Crippen LogP contribution in [0.4, 0.5) is 0 Å². The highest BCUT2D eigenvalue weighted by molar-refractivity contribution is 7.11. The van der Waals surface area contributed by atoms with Crippen molar-refractivity contribution < 1.29 is 4.74 Å². The third-order valence-corrected chi connectivity index (χ3v) is 4.41. The minimum Gasteiger partial charge on any atom is -0.492 e. The molecular formula is C16H21ClN4OS. The zero-order valence-corrected chi connectivity index (χ0v) is 15.1. The summed E-state index contributed by atoms with van der Waals surface area (Å²) in [7, 11) is 1.75. The Kier molecular flexibility index (Phi) is 6.67. The average molecular weight is 353 g/mol. The number of thiazole rings is 1. The van der Waals surface area contributed by atoms with Crippen molar-refractivity contribution in [3.63, 3.8) is 0 Å². The fourth-order valence-electron chi connectivity index (χ4n) is 2.02. The lowest BCUT2D eigenvalue weighted by atomic mass is 10.3. The van der Waals surface area contributed by atoms with Crippen LogP contribution in [0.5, 0.6) is 5.75 Å². The number of rotatable bonds is 6. The third kappa shape index (κ3) is 5.73. The summed E-state index contributed by atoms with van der Waals surface area (Å²) in [5.41, 5.74) is 1.07. The fourth-order valence-corrected chi connectivity index (χ4v) is 3.07. The summed E-state index contributed by atoms with van der Waals surface area (Å²) >= 11 is 7.62. The van der Waals surface area contributed by atoms with Crippen molar-refractivity contribution in [1.29, 1.82) is 0 Å². The number of halogens is 1. The van der Waals surface area contributed by atoms with Gasteiger partial charge < -0.3 is 15.4 Å². The predicted molar refractivity (Wildman–Crippen MR) is 96.7 cm³/mol. The first kappa shape index (κ1) is 17.6. The largest absolute Gasteiger partial charge is 0.492 e. The molecule has 2 rings (SSSR count). The molecular weight excluding hydrogens is 332 g/mol. The molecule has 0 aliphatic carbocycles. The van der Waals surface area contributed by atoms with E-state index in [4.69, 9.17) is 16.3 Å². The van der Waals surface area contributed by atoms with Gasteiger partial charge in [-0.2, -0.15) is 0 Å². The normalized spacial score (nSPS) is 11.4. The molecule has 0 radical (unpaired) electrons. The summed E-state index contributed by atoms with van der Waals surface area (Å²) in [5, 5.41) is 8.25. The molecule has 1 aromatic carbocycles. The van der Waals surface area contributed by atoms with Crippen molar-refractivity contribution in [3.8, 4) is 5.75 Å². The van der Waals surface area contributed by atoms with Crippen molar-refractivity contribution in [2.45, 2.75) is 20.4 Å². The van der Waals surface area contributed by atoms with Crippen LogP contribution < -0.4 is 15.4 Å². The Morgan fingerprint density at radius 1 is 1.35 bits per heavy atom. The number of nitrogens with one attached hydrogen (secondary N) is 2. The van der Waals surface area contributed by atoms with Gasteiger partial charge in [0.2, 0.25) is 0 Å². The quantitative estimate of drug-likeness (QED) is 0.476. The Morgan fingerprint density at radius 3 is 2.83 bits per heavy atom. The third-order valence-electron chi connectivity index (χ3n) is 3.10. The van der Waals surface area contributed by atoms with Crippen LogP contribution in [-0.4, -0.2) is 31.1 Å².